The number of halogens is 1. The molecule has 1 unspecified atom stereocenters. The van der Waals surface area contributed by atoms with Crippen LogP contribution in [0.5, 0.6) is 0 Å². The van der Waals surface area contributed by atoms with Crippen molar-refractivity contribution in [2.75, 3.05) is 39.9 Å². The van der Waals surface area contributed by atoms with Gasteiger partial charge < -0.3 is 20.3 Å². The van der Waals surface area contributed by atoms with Crippen LogP contribution < -0.4 is 10.6 Å². The van der Waals surface area contributed by atoms with Crippen molar-refractivity contribution in [2.24, 2.45) is 10.9 Å². The Morgan fingerprint density at radius 3 is 2.64 bits per heavy atom. The molecule has 0 spiro atoms. The van der Waals surface area contributed by atoms with Gasteiger partial charge in [0.05, 0.1) is 13.2 Å². The van der Waals surface area contributed by atoms with Crippen LogP contribution in [0.1, 0.15) is 49.0 Å². The molecule has 2 rings (SSSR count). The van der Waals surface area contributed by atoms with Crippen LogP contribution in [0.2, 0.25) is 0 Å². The van der Waals surface area contributed by atoms with Gasteiger partial charge in [0.1, 0.15) is 0 Å². The number of benzene rings is 1. The summed E-state index contributed by atoms with van der Waals surface area (Å²) in [6, 6.07) is 7.73. The zero-order valence-electron chi connectivity index (χ0n) is 17.4. The van der Waals surface area contributed by atoms with E-state index < -0.39 is 0 Å². The highest BCUT2D eigenvalue weighted by molar-refractivity contribution is 14.0. The van der Waals surface area contributed by atoms with Crippen LogP contribution in [0, 0.1) is 5.92 Å². The highest BCUT2D eigenvalue weighted by atomic mass is 127. The number of methoxy groups -OCH3 is 1. The van der Waals surface area contributed by atoms with Crippen LogP contribution in [-0.2, 0) is 11.3 Å². The van der Waals surface area contributed by atoms with Crippen molar-refractivity contribution in [3.05, 3.63) is 35.4 Å². The molecule has 1 aromatic carbocycles. The molecule has 1 heterocycles. The Bertz CT molecular complexity index is 607. The van der Waals surface area contributed by atoms with E-state index in [4.69, 9.17) is 9.73 Å². The molecule has 0 aromatic heterocycles. The molecular formula is C21H35IN4O2. The molecule has 1 aliphatic rings. The van der Waals surface area contributed by atoms with Crippen molar-refractivity contribution in [1.29, 1.82) is 0 Å². The number of aliphatic imine (C=N–C) groups is 1. The number of rotatable bonds is 9. The second kappa shape index (κ2) is 13.8. The number of likely N-dealkylation sites (tertiary alicyclic amines) is 1. The number of hydrogen-bond acceptors (Lipinski definition) is 3. The van der Waals surface area contributed by atoms with Gasteiger partial charge in [0.15, 0.2) is 5.96 Å². The zero-order valence-corrected chi connectivity index (χ0v) is 19.7. The maximum absolute atomic E-state index is 12.1. The quantitative estimate of drug-likeness (QED) is 0.236. The standard InChI is InChI=1S/C21H34N4O2.HI/c1-4-6-12-23-20(26)19-9-7-17(8-10-19)14-24-21(22-5-2)25-13-11-18(15-25)16-27-3;/h7-10,18H,4-6,11-16H2,1-3H3,(H,22,24)(H,23,26);1H. The fraction of sp³-hybridized carbons (Fsp3) is 0.619. The van der Waals surface area contributed by atoms with Gasteiger partial charge in [-0.2, -0.15) is 0 Å². The van der Waals surface area contributed by atoms with Gasteiger partial charge in [-0.3, -0.25) is 4.79 Å². The van der Waals surface area contributed by atoms with Gasteiger partial charge in [0.2, 0.25) is 0 Å². The Morgan fingerprint density at radius 2 is 2.00 bits per heavy atom. The normalized spacial score (nSPS) is 16.6. The number of carbonyl (C=O) groups is 1. The SMILES string of the molecule is CCCCNC(=O)c1ccc(CN=C(NCC)N2CCC(COC)C2)cc1.I. The second-order valence-corrected chi connectivity index (χ2v) is 7.03. The average molecular weight is 502 g/mol. The van der Waals surface area contributed by atoms with E-state index in [2.05, 4.69) is 29.4 Å². The van der Waals surface area contributed by atoms with Gasteiger partial charge in [0, 0.05) is 44.8 Å². The smallest absolute Gasteiger partial charge is 0.251 e. The van der Waals surface area contributed by atoms with Gasteiger partial charge in [0.25, 0.3) is 5.91 Å². The number of ether oxygens (including phenoxy) is 1. The Balaban J connectivity index is 0.00000392. The fourth-order valence-electron chi connectivity index (χ4n) is 3.23. The zero-order chi connectivity index (χ0) is 19.5. The lowest BCUT2D eigenvalue weighted by Crippen LogP contribution is -2.40. The summed E-state index contributed by atoms with van der Waals surface area (Å²) in [4.78, 5) is 19.2. The highest BCUT2D eigenvalue weighted by Crippen LogP contribution is 2.16. The van der Waals surface area contributed by atoms with Gasteiger partial charge in [-0.15, -0.1) is 24.0 Å². The largest absolute Gasteiger partial charge is 0.384 e. The minimum Gasteiger partial charge on any atom is -0.384 e. The first-order valence-electron chi connectivity index (χ1n) is 10.1. The minimum absolute atomic E-state index is 0. The molecule has 28 heavy (non-hydrogen) atoms. The fourth-order valence-corrected chi connectivity index (χ4v) is 3.23. The third kappa shape index (κ3) is 7.95. The molecule has 7 heteroatoms. The first-order chi connectivity index (χ1) is 13.2. The van der Waals surface area contributed by atoms with Crippen molar-refractivity contribution in [2.45, 2.75) is 39.7 Å². The summed E-state index contributed by atoms with van der Waals surface area (Å²) in [7, 11) is 1.76. The summed E-state index contributed by atoms with van der Waals surface area (Å²) in [6.07, 6.45) is 3.22. The second-order valence-electron chi connectivity index (χ2n) is 7.03. The third-order valence-electron chi connectivity index (χ3n) is 4.77. The van der Waals surface area contributed by atoms with E-state index in [0.29, 0.717) is 18.0 Å². The maximum Gasteiger partial charge on any atom is 0.251 e. The van der Waals surface area contributed by atoms with Crippen LogP contribution in [0.25, 0.3) is 0 Å². The molecule has 0 radical (unpaired) electrons. The summed E-state index contributed by atoms with van der Waals surface area (Å²) in [5.41, 5.74) is 1.80. The molecular weight excluding hydrogens is 467 g/mol. The Morgan fingerprint density at radius 1 is 1.25 bits per heavy atom. The minimum atomic E-state index is -0.00640. The van der Waals surface area contributed by atoms with Crippen molar-refractivity contribution < 1.29 is 9.53 Å². The molecule has 0 bridgehead atoms. The van der Waals surface area contributed by atoms with Crippen LogP contribution in [0.4, 0.5) is 0 Å². The van der Waals surface area contributed by atoms with E-state index in [1.54, 1.807) is 7.11 Å². The Hall–Kier alpha value is -1.35. The number of nitrogens with one attached hydrogen (secondary N) is 2. The third-order valence-corrected chi connectivity index (χ3v) is 4.77. The predicted molar refractivity (Wildman–Crippen MR) is 125 cm³/mol. The molecule has 6 nitrogen and oxygen atoms in total. The van der Waals surface area contributed by atoms with Crippen LogP contribution in [0.15, 0.2) is 29.3 Å². The Labute approximate surface area is 186 Å². The number of amides is 1. The van der Waals surface area contributed by atoms with E-state index in [1.165, 1.54) is 0 Å². The molecule has 1 atom stereocenters. The number of nitrogens with zero attached hydrogens (tertiary/aromatic N) is 2. The molecule has 1 aromatic rings. The van der Waals surface area contributed by atoms with Gasteiger partial charge in [-0.25, -0.2) is 4.99 Å². The lowest BCUT2D eigenvalue weighted by molar-refractivity contribution is 0.0953. The predicted octanol–water partition coefficient (Wildman–Crippen LogP) is 3.27. The lowest BCUT2D eigenvalue weighted by Gasteiger charge is -2.21. The maximum atomic E-state index is 12.1. The van der Waals surface area contributed by atoms with E-state index >= 15 is 0 Å². The van der Waals surface area contributed by atoms with Crippen LogP contribution >= 0.6 is 24.0 Å². The number of guanidine groups is 1. The number of unbranched alkanes of at least 4 members (excludes halogenated alkanes) is 1. The summed E-state index contributed by atoms with van der Waals surface area (Å²) in [5.74, 6) is 1.52. The summed E-state index contributed by atoms with van der Waals surface area (Å²) in [6.45, 7) is 9.18. The highest BCUT2D eigenvalue weighted by Gasteiger charge is 2.24. The van der Waals surface area contributed by atoms with Crippen molar-refractivity contribution in [3.8, 4) is 0 Å². The van der Waals surface area contributed by atoms with E-state index in [-0.39, 0.29) is 29.9 Å². The summed E-state index contributed by atoms with van der Waals surface area (Å²) < 4.78 is 5.28. The van der Waals surface area contributed by atoms with Crippen molar-refractivity contribution in [3.63, 3.8) is 0 Å². The molecule has 1 amide bonds. The first-order valence-corrected chi connectivity index (χ1v) is 10.1. The van der Waals surface area contributed by atoms with E-state index in [9.17, 15) is 4.79 Å². The van der Waals surface area contributed by atoms with E-state index in [1.807, 2.05) is 24.3 Å². The molecule has 1 saturated heterocycles. The molecule has 0 saturated carbocycles. The van der Waals surface area contributed by atoms with E-state index in [0.717, 1.165) is 63.6 Å². The summed E-state index contributed by atoms with van der Waals surface area (Å²) >= 11 is 0. The van der Waals surface area contributed by atoms with Gasteiger partial charge >= 0.3 is 0 Å². The van der Waals surface area contributed by atoms with Crippen molar-refractivity contribution >= 4 is 35.8 Å². The van der Waals surface area contributed by atoms with Gasteiger partial charge in [-0.05, 0) is 37.5 Å². The lowest BCUT2D eigenvalue weighted by atomic mass is 10.1. The van der Waals surface area contributed by atoms with Crippen molar-refractivity contribution in [1.82, 2.24) is 15.5 Å². The molecule has 0 aliphatic carbocycles. The number of hydrogen-bond donors (Lipinski definition) is 2. The first kappa shape index (κ1) is 24.7. The van der Waals surface area contributed by atoms with Crippen LogP contribution in [-0.4, -0.2) is 56.7 Å². The molecule has 158 valence electrons. The molecule has 1 fully saturated rings. The molecule has 1 aliphatic heterocycles. The topological polar surface area (TPSA) is 66.0 Å². The Kier molecular flexibility index (Phi) is 12.1. The summed E-state index contributed by atoms with van der Waals surface area (Å²) in [5, 5.41) is 6.33. The number of carbonyl (C=O) groups excluding carboxylic acids is 1. The monoisotopic (exact) mass is 502 g/mol. The average Bonchev–Trinajstić information content (AvgIpc) is 3.14. The molecule has 2 N–H and O–H groups in total. The van der Waals surface area contributed by atoms with Crippen LogP contribution in [0.3, 0.4) is 0 Å². The van der Waals surface area contributed by atoms with Gasteiger partial charge in [-0.1, -0.05) is 25.5 Å².